The van der Waals surface area contributed by atoms with Crippen molar-refractivity contribution in [3.05, 3.63) is 0 Å². The van der Waals surface area contributed by atoms with E-state index in [0.29, 0.717) is 12.5 Å². The summed E-state index contributed by atoms with van der Waals surface area (Å²) >= 11 is 0. The molecule has 1 aliphatic heterocycles. The Labute approximate surface area is 92.6 Å². The quantitative estimate of drug-likeness (QED) is 0.716. The van der Waals surface area contributed by atoms with Crippen molar-refractivity contribution in [2.75, 3.05) is 33.2 Å². The predicted molar refractivity (Wildman–Crippen MR) is 61.5 cm³/mol. The number of hydrogen-bond acceptors (Lipinski definition) is 3. The molecule has 0 aromatic heterocycles. The molecule has 1 N–H and O–H groups in total. The van der Waals surface area contributed by atoms with Gasteiger partial charge in [-0.05, 0) is 19.5 Å². The summed E-state index contributed by atoms with van der Waals surface area (Å²) < 4.78 is 0. The van der Waals surface area contributed by atoms with Crippen LogP contribution in [-0.2, 0) is 4.79 Å². The summed E-state index contributed by atoms with van der Waals surface area (Å²) in [6.45, 7) is 9.73. The standard InChI is InChI=1S/C11H23N3O/c1-5-13(4)6-7-14-10(15)8-12-11(14)9(2)3/h9,11-12H,5-8H2,1-4H3. The molecule has 1 unspecified atom stereocenters. The molecule has 1 atom stereocenters. The maximum atomic E-state index is 11.6. The molecule has 1 rings (SSSR count). The van der Waals surface area contributed by atoms with Gasteiger partial charge < -0.3 is 9.80 Å². The molecule has 0 aromatic carbocycles. The van der Waals surface area contributed by atoms with Crippen molar-refractivity contribution in [2.24, 2.45) is 5.92 Å². The average molecular weight is 213 g/mol. The fourth-order valence-electron chi connectivity index (χ4n) is 1.85. The van der Waals surface area contributed by atoms with Crippen LogP contribution in [0.4, 0.5) is 0 Å². The lowest BCUT2D eigenvalue weighted by molar-refractivity contribution is -0.128. The Hall–Kier alpha value is -0.610. The fourth-order valence-corrected chi connectivity index (χ4v) is 1.85. The first kappa shape index (κ1) is 12.5. The Morgan fingerprint density at radius 3 is 2.80 bits per heavy atom. The first-order valence-corrected chi connectivity index (χ1v) is 5.77. The van der Waals surface area contributed by atoms with Crippen LogP contribution in [0.25, 0.3) is 0 Å². The zero-order valence-corrected chi connectivity index (χ0v) is 10.3. The van der Waals surface area contributed by atoms with E-state index in [1.165, 1.54) is 0 Å². The third-order valence-corrected chi connectivity index (χ3v) is 3.01. The summed E-state index contributed by atoms with van der Waals surface area (Å²) in [6, 6.07) is 0. The molecule has 0 bridgehead atoms. The van der Waals surface area contributed by atoms with Crippen molar-refractivity contribution in [3.8, 4) is 0 Å². The van der Waals surface area contributed by atoms with E-state index in [2.05, 4.69) is 38.0 Å². The Kier molecular flexibility index (Phi) is 4.54. The third-order valence-electron chi connectivity index (χ3n) is 3.01. The van der Waals surface area contributed by atoms with Gasteiger partial charge in [-0.25, -0.2) is 0 Å². The fraction of sp³-hybridized carbons (Fsp3) is 0.909. The number of rotatable bonds is 5. The van der Waals surface area contributed by atoms with Gasteiger partial charge in [0.1, 0.15) is 0 Å². The van der Waals surface area contributed by atoms with Crippen molar-refractivity contribution in [1.29, 1.82) is 0 Å². The van der Waals surface area contributed by atoms with Crippen LogP contribution in [0.1, 0.15) is 20.8 Å². The van der Waals surface area contributed by atoms with E-state index in [9.17, 15) is 4.79 Å². The monoisotopic (exact) mass is 213 g/mol. The second-order valence-electron chi connectivity index (χ2n) is 4.55. The topological polar surface area (TPSA) is 35.6 Å². The van der Waals surface area contributed by atoms with E-state index < -0.39 is 0 Å². The van der Waals surface area contributed by atoms with Gasteiger partial charge in [0.2, 0.25) is 5.91 Å². The van der Waals surface area contributed by atoms with E-state index in [1.54, 1.807) is 0 Å². The van der Waals surface area contributed by atoms with Gasteiger partial charge in [-0.2, -0.15) is 0 Å². The van der Waals surface area contributed by atoms with Crippen LogP contribution >= 0.6 is 0 Å². The molecule has 0 radical (unpaired) electrons. The summed E-state index contributed by atoms with van der Waals surface area (Å²) in [6.07, 6.45) is 0.225. The lowest BCUT2D eigenvalue weighted by atomic mass is 10.1. The lowest BCUT2D eigenvalue weighted by Crippen LogP contribution is -2.44. The van der Waals surface area contributed by atoms with Crippen LogP contribution in [0.5, 0.6) is 0 Å². The van der Waals surface area contributed by atoms with Crippen molar-refractivity contribution < 1.29 is 4.79 Å². The summed E-state index contributed by atoms with van der Waals surface area (Å²) in [4.78, 5) is 15.8. The van der Waals surface area contributed by atoms with Crippen LogP contribution < -0.4 is 5.32 Å². The Balaban J connectivity index is 2.46. The molecule has 4 nitrogen and oxygen atoms in total. The molecule has 15 heavy (non-hydrogen) atoms. The zero-order chi connectivity index (χ0) is 11.4. The smallest absolute Gasteiger partial charge is 0.237 e. The average Bonchev–Trinajstić information content (AvgIpc) is 2.56. The van der Waals surface area contributed by atoms with Gasteiger partial charge in [-0.15, -0.1) is 0 Å². The van der Waals surface area contributed by atoms with Gasteiger partial charge in [0, 0.05) is 13.1 Å². The number of likely N-dealkylation sites (N-methyl/N-ethyl adjacent to an activating group) is 1. The molecule has 0 saturated carbocycles. The van der Waals surface area contributed by atoms with Gasteiger partial charge in [0.05, 0.1) is 12.7 Å². The highest BCUT2D eigenvalue weighted by atomic mass is 16.2. The SMILES string of the molecule is CCN(C)CCN1C(=O)CNC1C(C)C. The normalized spacial score (nSPS) is 22.1. The molecule has 1 aliphatic rings. The minimum absolute atomic E-state index is 0.225. The van der Waals surface area contributed by atoms with Crippen LogP contribution in [0, 0.1) is 5.92 Å². The largest absolute Gasteiger partial charge is 0.325 e. The molecule has 0 aliphatic carbocycles. The first-order valence-electron chi connectivity index (χ1n) is 5.77. The highest BCUT2D eigenvalue weighted by molar-refractivity contribution is 5.80. The summed E-state index contributed by atoms with van der Waals surface area (Å²) in [5, 5.41) is 3.26. The van der Waals surface area contributed by atoms with Crippen molar-refractivity contribution >= 4 is 5.91 Å². The second-order valence-corrected chi connectivity index (χ2v) is 4.55. The van der Waals surface area contributed by atoms with Crippen LogP contribution in [0.3, 0.4) is 0 Å². The Morgan fingerprint density at radius 1 is 1.60 bits per heavy atom. The lowest BCUT2D eigenvalue weighted by Gasteiger charge is -2.28. The van der Waals surface area contributed by atoms with Crippen molar-refractivity contribution in [1.82, 2.24) is 15.1 Å². The second kappa shape index (κ2) is 5.47. The molecule has 1 heterocycles. The number of nitrogens with one attached hydrogen (secondary N) is 1. The maximum Gasteiger partial charge on any atom is 0.237 e. The molecule has 0 aromatic rings. The highest BCUT2D eigenvalue weighted by Gasteiger charge is 2.31. The molecule has 88 valence electrons. The highest BCUT2D eigenvalue weighted by Crippen LogP contribution is 2.13. The van der Waals surface area contributed by atoms with Crippen molar-refractivity contribution in [2.45, 2.75) is 26.9 Å². The molecular formula is C11H23N3O. The predicted octanol–water partition coefficient (Wildman–Crippen LogP) is 0.352. The number of nitrogens with zero attached hydrogens (tertiary/aromatic N) is 2. The minimum atomic E-state index is 0.225. The van der Waals surface area contributed by atoms with Gasteiger partial charge in [-0.1, -0.05) is 20.8 Å². The number of amides is 1. The molecule has 1 amide bonds. The number of hydrogen-bond donors (Lipinski definition) is 1. The molecule has 0 spiro atoms. The molecule has 1 fully saturated rings. The molecule has 1 saturated heterocycles. The first-order chi connectivity index (χ1) is 7.06. The van der Waals surface area contributed by atoms with Crippen LogP contribution in [-0.4, -0.2) is 55.1 Å². The minimum Gasteiger partial charge on any atom is -0.325 e. The van der Waals surface area contributed by atoms with Crippen LogP contribution in [0.15, 0.2) is 0 Å². The van der Waals surface area contributed by atoms with E-state index >= 15 is 0 Å². The van der Waals surface area contributed by atoms with Gasteiger partial charge >= 0.3 is 0 Å². The summed E-state index contributed by atoms with van der Waals surface area (Å²) in [7, 11) is 2.08. The van der Waals surface area contributed by atoms with E-state index in [0.717, 1.165) is 19.6 Å². The Morgan fingerprint density at radius 2 is 2.27 bits per heavy atom. The molecule has 4 heteroatoms. The van der Waals surface area contributed by atoms with E-state index in [-0.39, 0.29) is 12.1 Å². The van der Waals surface area contributed by atoms with Gasteiger partial charge in [0.25, 0.3) is 0 Å². The van der Waals surface area contributed by atoms with Gasteiger partial charge in [0.15, 0.2) is 0 Å². The van der Waals surface area contributed by atoms with Crippen LogP contribution in [0.2, 0.25) is 0 Å². The van der Waals surface area contributed by atoms with E-state index in [4.69, 9.17) is 0 Å². The summed E-state index contributed by atoms with van der Waals surface area (Å²) in [5.41, 5.74) is 0. The summed E-state index contributed by atoms with van der Waals surface area (Å²) in [5.74, 6) is 0.710. The number of carbonyl (C=O) groups is 1. The number of carbonyl (C=O) groups excluding carboxylic acids is 1. The van der Waals surface area contributed by atoms with E-state index in [1.807, 2.05) is 4.90 Å². The maximum absolute atomic E-state index is 11.6. The molecular weight excluding hydrogens is 190 g/mol. The van der Waals surface area contributed by atoms with Crippen molar-refractivity contribution in [3.63, 3.8) is 0 Å². The Bertz CT molecular complexity index is 218. The van der Waals surface area contributed by atoms with Gasteiger partial charge in [-0.3, -0.25) is 10.1 Å². The zero-order valence-electron chi connectivity index (χ0n) is 10.3. The third kappa shape index (κ3) is 3.18.